The van der Waals surface area contributed by atoms with Crippen LogP contribution in [-0.4, -0.2) is 36.9 Å². The van der Waals surface area contributed by atoms with Crippen LogP contribution >= 0.6 is 0 Å². The van der Waals surface area contributed by atoms with Crippen molar-refractivity contribution in [2.45, 2.75) is 12.1 Å². The first-order valence-electron chi connectivity index (χ1n) is 9.39. The van der Waals surface area contributed by atoms with Gasteiger partial charge in [-0.15, -0.1) is 0 Å². The van der Waals surface area contributed by atoms with Gasteiger partial charge >= 0.3 is 0 Å². The average Bonchev–Trinajstić information content (AvgIpc) is 3.21. The molecule has 0 saturated carbocycles. The quantitative estimate of drug-likeness (QED) is 0.805. The molecule has 3 aliphatic rings. The van der Waals surface area contributed by atoms with Gasteiger partial charge in [0, 0.05) is 5.69 Å². The molecule has 3 amide bonds. The zero-order chi connectivity index (χ0) is 20.3. The van der Waals surface area contributed by atoms with E-state index in [0.29, 0.717) is 11.4 Å². The molecule has 29 heavy (non-hydrogen) atoms. The minimum atomic E-state index is -0.879. The molecule has 146 valence electrons. The van der Waals surface area contributed by atoms with Gasteiger partial charge in [-0.3, -0.25) is 14.4 Å². The van der Waals surface area contributed by atoms with Crippen molar-refractivity contribution in [3.05, 3.63) is 60.2 Å². The fourth-order valence-corrected chi connectivity index (χ4v) is 4.82. The van der Waals surface area contributed by atoms with E-state index in [9.17, 15) is 14.4 Å². The SMILES string of the molecule is COc1ccc(N2C(=O)C3C(C2=O)C(C(N)=O)N2c4ccccc4C=CC32)cc1. The second kappa shape index (κ2) is 6.20. The number of ether oxygens (including phenoxy) is 1. The molecule has 0 spiro atoms. The Hall–Kier alpha value is -3.61. The van der Waals surface area contributed by atoms with Crippen molar-refractivity contribution in [1.29, 1.82) is 0 Å². The van der Waals surface area contributed by atoms with Gasteiger partial charge in [0.05, 0.1) is 30.7 Å². The highest BCUT2D eigenvalue weighted by Gasteiger charge is 2.64. The lowest BCUT2D eigenvalue weighted by Gasteiger charge is -2.35. The number of carbonyl (C=O) groups is 3. The molecule has 7 heteroatoms. The zero-order valence-electron chi connectivity index (χ0n) is 15.7. The van der Waals surface area contributed by atoms with Gasteiger partial charge in [-0.05, 0) is 35.9 Å². The summed E-state index contributed by atoms with van der Waals surface area (Å²) in [5, 5.41) is 0. The number of anilines is 2. The summed E-state index contributed by atoms with van der Waals surface area (Å²) in [5.74, 6) is -2.16. The Labute approximate surface area is 167 Å². The summed E-state index contributed by atoms with van der Waals surface area (Å²) >= 11 is 0. The largest absolute Gasteiger partial charge is 0.497 e. The van der Waals surface area contributed by atoms with E-state index in [-0.39, 0.29) is 5.91 Å². The monoisotopic (exact) mass is 389 g/mol. The van der Waals surface area contributed by atoms with Gasteiger partial charge in [0.25, 0.3) is 0 Å². The number of methoxy groups -OCH3 is 1. The molecule has 0 aromatic heterocycles. The van der Waals surface area contributed by atoms with Crippen LogP contribution in [0.2, 0.25) is 0 Å². The molecular weight excluding hydrogens is 370 g/mol. The molecule has 3 aliphatic heterocycles. The Morgan fingerprint density at radius 3 is 2.38 bits per heavy atom. The first-order valence-corrected chi connectivity index (χ1v) is 9.39. The van der Waals surface area contributed by atoms with Gasteiger partial charge in [-0.1, -0.05) is 30.4 Å². The van der Waals surface area contributed by atoms with Gasteiger partial charge in [0.2, 0.25) is 17.7 Å². The smallest absolute Gasteiger partial charge is 0.241 e. The first-order chi connectivity index (χ1) is 14.0. The lowest BCUT2D eigenvalue weighted by atomic mass is 9.88. The maximum Gasteiger partial charge on any atom is 0.241 e. The van der Waals surface area contributed by atoms with E-state index < -0.39 is 35.7 Å². The Morgan fingerprint density at radius 2 is 1.69 bits per heavy atom. The highest BCUT2D eigenvalue weighted by molar-refractivity contribution is 6.24. The molecule has 2 fully saturated rings. The third-order valence-corrected chi connectivity index (χ3v) is 6.04. The Balaban J connectivity index is 1.59. The number of hydrogen-bond acceptors (Lipinski definition) is 5. The highest BCUT2D eigenvalue weighted by atomic mass is 16.5. The zero-order valence-corrected chi connectivity index (χ0v) is 15.7. The minimum Gasteiger partial charge on any atom is -0.497 e. The Bertz CT molecular complexity index is 1060. The molecule has 3 heterocycles. The van der Waals surface area contributed by atoms with E-state index >= 15 is 0 Å². The number of benzene rings is 2. The predicted octanol–water partition coefficient (Wildman–Crippen LogP) is 1.57. The van der Waals surface area contributed by atoms with Crippen molar-refractivity contribution in [2.75, 3.05) is 16.9 Å². The summed E-state index contributed by atoms with van der Waals surface area (Å²) in [7, 11) is 1.55. The Morgan fingerprint density at radius 1 is 1.00 bits per heavy atom. The van der Waals surface area contributed by atoms with Crippen LogP contribution in [0.25, 0.3) is 6.08 Å². The van der Waals surface area contributed by atoms with Crippen LogP contribution in [-0.2, 0) is 14.4 Å². The number of imide groups is 1. The van der Waals surface area contributed by atoms with Crippen molar-refractivity contribution in [3.8, 4) is 5.75 Å². The molecule has 2 saturated heterocycles. The number of nitrogens with two attached hydrogens (primary N) is 1. The highest BCUT2D eigenvalue weighted by Crippen LogP contribution is 2.48. The van der Waals surface area contributed by atoms with Crippen LogP contribution in [0.1, 0.15) is 5.56 Å². The average molecular weight is 389 g/mol. The first kappa shape index (κ1) is 17.5. The molecule has 0 radical (unpaired) electrons. The molecule has 2 aromatic carbocycles. The summed E-state index contributed by atoms with van der Waals surface area (Å²) in [4.78, 5) is 42.2. The van der Waals surface area contributed by atoms with Gasteiger partial charge in [-0.2, -0.15) is 0 Å². The summed E-state index contributed by atoms with van der Waals surface area (Å²) in [5.41, 5.74) is 7.95. The standard InChI is InChI=1S/C22H19N3O4/c1-29-14-9-7-13(8-10-14)24-21(27)17-16-11-6-12-4-2-3-5-15(12)25(16)19(20(23)26)18(17)22(24)28/h2-11,16-19H,1H3,(H2,23,26). The van der Waals surface area contributed by atoms with E-state index in [1.165, 1.54) is 4.90 Å². The number of rotatable bonds is 3. The fourth-order valence-electron chi connectivity index (χ4n) is 4.82. The van der Waals surface area contributed by atoms with Gasteiger partial charge in [-0.25, -0.2) is 4.90 Å². The van der Waals surface area contributed by atoms with Crippen molar-refractivity contribution in [3.63, 3.8) is 0 Å². The molecule has 2 N–H and O–H groups in total. The number of carbonyl (C=O) groups excluding carboxylic acids is 3. The fraction of sp³-hybridized carbons (Fsp3) is 0.227. The summed E-state index contributed by atoms with van der Waals surface area (Å²) in [6.45, 7) is 0. The Kier molecular flexibility index (Phi) is 3.74. The summed E-state index contributed by atoms with van der Waals surface area (Å²) < 4.78 is 5.15. The number of hydrogen-bond donors (Lipinski definition) is 1. The van der Waals surface area contributed by atoms with E-state index in [1.54, 1.807) is 31.4 Å². The van der Waals surface area contributed by atoms with Crippen molar-refractivity contribution in [2.24, 2.45) is 17.6 Å². The topological polar surface area (TPSA) is 92.9 Å². The van der Waals surface area contributed by atoms with Crippen LogP contribution < -0.4 is 20.3 Å². The normalized spacial score (nSPS) is 26.9. The lowest BCUT2D eigenvalue weighted by Crippen LogP contribution is -2.50. The number of primary amides is 1. The summed E-state index contributed by atoms with van der Waals surface area (Å²) in [6.07, 6.45) is 3.83. The van der Waals surface area contributed by atoms with Crippen molar-refractivity contribution in [1.82, 2.24) is 0 Å². The second-order valence-electron chi connectivity index (χ2n) is 7.42. The number of fused-ring (bicyclic) bond motifs is 5. The van der Waals surface area contributed by atoms with Crippen LogP contribution in [0.15, 0.2) is 54.6 Å². The molecule has 0 aliphatic carbocycles. The van der Waals surface area contributed by atoms with Gasteiger partial charge in [0.15, 0.2) is 0 Å². The molecule has 0 bridgehead atoms. The van der Waals surface area contributed by atoms with E-state index in [1.807, 2.05) is 41.3 Å². The molecule has 5 rings (SSSR count). The lowest BCUT2D eigenvalue weighted by molar-refractivity contribution is -0.127. The van der Waals surface area contributed by atoms with Crippen molar-refractivity contribution < 1.29 is 19.1 Å². The molecule has 4 unspecified atom stereocenters. The van der Waals surface area contributed by atoms with Crippen LogP contribution in [0.5, 0.6) is 5.75 Å². The van der Waals surface area contributed by atoms with Crippen LogP contribution in [0.4, 0.5) is 11.4 Å². The van der Waals surface area contributed by atoms with Crippen molar-refractivity contribution >= 4 is 35.2 Å². The third-order valence-electron chi connectivity index (χ3n) is 6.04. The molecule has 2 aromatic rings. The van der Waals surface area contributed by atoms with E-state index in [4.69, 9.17) is 10.5 Å². The van der Waals surface area contributed by atoms with Crippen LogP contribution in [0.3, 0.4) is 0 Å². The molecular formula is C22H19N3O4. The number of amides is 3. The molecule has 4 atom stereocenters. The maximum atomic E-state index is 13.3. The van der Waals surface area contributed by atoms with Gasteiger partial charge in [0.1, 0.15) is 11.8 Å². The predicted molar refractivity (Wildman–Crippen MR) is 107 cm³/mol. The third kappa shape index (κ3) is 2.33. The van der Waals surface area contributed by atoms with Gasteiger partial charge < -0.3 is 15.4 Å². The number of nitrogens with zero attached hydrogens (tertiary/aromatic N) is 2. The minimum absolute atomic E-state index is 0.312. The maximum absolute atomic E-state index is 13.3. The number of para-hydroxylation sites is 1. The van der Waals surface area contributed by atoms with E-state index in [0.717, 1.165) is 11.3 Å². The van der Waals surface area contributed by atoms with E-state index in [2.05, 4.69) is 0 Å². The second-order valence-corrected chi connectivity index (χ2v) is 7.42. The molecule has 7 nitrogen and oxygen atoms in total. The van der Waals surface area contributed by atoms with Crippen LogP contribution in [0, 0.1) is 11.8 Å². The summed E-state index contributed by atoms with van der Waals surface area (Å²) in [6, 6.07) is 13.0.